The van der Waals surface area contributed by atoms with Crippen LogP contribution in [0, 0.1) is 6.92 Å². The molecule has 1 saturated heterocycles. The predicted molar refractivity (Wildman–Crippen MR) is 79.9 cm³/mol. The molecule has 126 valence electrons. The molecule has 1 aliphatic rings. The molecule has 2 heterocycles. The van der Waals surface area contributed by atoms with Gasteiger partial charge in [0, 0.05) is 18.2 Å². The molecule has 1 fully saturated rings. The van der Waals surface area contributed by atoms with Gasteiger partial charge in [0.1, 0.15) is 12.3 Å². The first-order valence-corrected chi connectivity index (χ1v) is 7.56. The second-order valence-electron chi connectivity index (χ2n) is 4.70. The number of aromatic amines is 1. The first-order chi connectivity index (χ1) is 9.67. The van der Waals surface area contributed by atoms with E-state index in [1.54, 1.807) is 0 Å². The summed E-state index contributed by atoms with van der Waals surface area (Å²) in [6.45, 7) is 0.994. The highest BCUT2D eigenvalue weighted by Crippen LogP contribution is 2.38. The fourth-order valence-electron chi connectivity index (χ4n) is 2.01. The van der Waals surface area contributed by atoms with Crippen LogP contribution < -0.4 is 11.2 Å². The Hall–Kier alpha value is -1.07. The molecule has 0 unspecified atom stereocenters. The Morgan fingerprint density at radius 2 is 2.14 bits per heavy atom. The third kappa shape index (κ3) is 4.46. The number of aryl methyl sites for hydroxylation is 1. The molecule has 12 heteroatoms. The van der Waals surface area contributed by atoms with Crippen LogP contribution in [0.2, 0.25) is 0 Å². The number of ether oxygens (including phenoxy) is 1. The predicted octanol–water partition coefficient (Wildman–Crippen LogP) is -2.85. The topological polar surface area (TPSA) is 151 Å². The number of nitrogens with one attached hydrogen (secondary N) is 1. The summed E-state index contributed by atoms with van der Waals surface area (Å²) in [4.78, 5) is 42.3. The lowest BCUT2D eigenvalue weighted by molar-refractivity contribution is -0.0451. The van der Waals surface area contributed by atoms with E-state index in [-0.39, 0.29) is 17.4 Å². The van der Waals surface area contributed by atoms with Crippen molar-refractivity contribution in [2.45, 2.75) is 31.8 Å². The quantitative estimate of drug-likeness (QED) is 0.333. The number of aliphatic hydroxyl groups is 1. The largest absolute Gasteiger partial charge is 0.469 e. The Morgan fingerprint density at radius 1 is 1.50 bits per heavy atom. The normalized spacial score (nSPS) is 25.0. The Bertz CT molecular complexity index is 682. The van der Waals surface area contributed by atoms with Crippen LogP contribution in [-0.2, 0) is 13.8 Å². The second kappa shape index (κ2) is 7.00. The first kappa shape index (κ1) is 19.0. The van der Waals surface area contributed by atoms with Crippen molar-refractivity contribution in [1.29, 1.82) is 0 Å². The minimum absolute atomic E-state index is 0. The number of hydrogen-bond donors (Lipinski definition) is 4. The molecular formula is C10H19N2O8PSi. The highest BCUT2D eigenvalue weighted by Gasteiger charge is 2.37. The molecule has 3 atom stereocenters. The van der Waals surface area contributed by atoms with Gasteiger partial charge in [0.2, 0.25) is 0 Å². The van der Waals surface area contributed by atoms with Gasteiger partial charge in [0.25, 0.3) is 5.56 Å². The van der Waals surface area contributed by atoms with E-state index < -0.39 is 44.1 Å². The molecule has 1 aromatic rings. The summed E-state index contributed by atoms with van der Waals surface area (Å²) in [5.74, 6) is 0. The lowest BCUT2D eigenvalue weighted by Crippen LogP contribution is -2.33. The van der Waals surface area contributed by atoms with E-state index >= 15 is 0 Å². The van der Waals surface area contributed by atoms with Gasteiger partial charge in [0.05, 0.1) is 12.7 Å². The fourth-order valence-corrected chi connectivity index (χ4v) is 2.35. The van der Waals surface area contributed by atoms with Gasteiger partial charge in [0.15, 0.2) is 0 Å². The third-order valence-corrected chi connectivity index (χ3v) is 3.55. The number of phosphoric ester groups is 1. The van der Waals surface area contributed by atoms with Gasteiger partial charge in [-0.1, -0.05) is 0 Å². The third-order valence-electron chi connectivity index (χ3n) is 3.07. The van der Waals surface area contributed by atoms with E-state index in [0.717, 1.165) is 4.57 Å². The zero-order valence-electron chi connectivity index (χ0n) is 11.0. The van der Waals surface area contributed by atoms with Crippen molar-refractivity contribution in [3.8, 4) is 0 Å². The fraction of sp³-hybridized carbons (Fsp3) is 0.600. The second-order valence-corrected chi connectivity index (χ2v) is 5.94. The minimum atomic E-state index is -4.67. The number of aromatic nitrogens is 2. The summed E-state index contributed by atoms with van der Waals surface area (Å²) < 4.78 is 21.4. The summed E-state index contributed by atoms with van der Waals surface area (Å²) in [5, 5.41) is 9.79. The van der Waals surface area contributed by atoms with Gasteiger partial charge in [-0.05, 0) is 17.9 Å². The maximum atomic E-state index is 11.7. The Kier molecular flexibility index (Phi) is 6.04. The first-order valence-electron chi connectivity index (χ1n) is 6.03. The van der Waals surface area contributed by atoms with Crippen molar-refractivity contribution in [1.82, 2.24) is 9.55 Å². The van der Waals surface area contributed by atoms with Crippen molar-refractivity contribution >= 4 is 18.8 Å². The lowest BCUT2D eigenvalue weighted by atomic mass is 10.2. The van der Waals surface area contributed by atoms with Crippen LogP contribution >= 0.6 is 7.82 Å². The van der Waals surface area contributed by atoms with E-state index in [1.165, 1.54) is 13.1 Å². The molecule has 0 aliphatic carbocycles. The van der Waals surface area contributed by atoms with Crippen LogP contribution in [-0.4, -0.2) is 54.2 Å². The molecule has 0 aromatic carbocycles. The number of hydrogen-bond acceptors (Lipinski definition) is 6. The van der Waals surface area contributed by atoms with Gasteiger partial charge in [-0.25, -0.2) is 9.36 Å². The van der Waals surface area contributed by atoms with Gasteiger partial charge in [-0.15, -0.1) is 0 Å². The number of rotatable bonds is 4. The highest BCUT2D eigenvalue weighted by molar-refractivity contribution is 7.46. The molecule has 1 aliphatic heterocycles. The average Bonchev–Trinajstić information content (AvgIpc) is 2.72. The van der Waals surface area contributed by atoms with Gasteiger partial charge in [-0.2, -0.15) is 0 Å². The summed E-state index contributed by atoms with van der Waals surface area (Å²) in [5.41, 5.74) is -0.918. The maximum Gasteiger partial charge on any atom is 0.469 e. The molecule has 22 heavy (non-hydrogen) atoms. The molecule has 0 saturated carbocycles. The van der Waals surface area contributed by atoms with Crippen molar-refractivity contribution in [3.05, 3.63) is 32.6 Å². The number of nitrogens with zero attached hydrogens (tertiary/aromatic N) is 1. The van der Waals surface area contributed by atoms with Gasteiger partial charge < -0.3 is 19.6 Å². The number of phosphoric acid groups is 1. The lowest BCUT2D eigenvalue weighted by Gasteiger charge is -2.16. The van der Waals surface area contributed by atoms with Gasteiger partial charge in [-0.3, -0.25) is 18.9 Å². The number of aliphatic hydroxyl groups excluding tert-OH is 1. The Balaban J connectivity index is 0.00000242. The van der Waals surface area contributed by atoms with E-state index in [4.69, 9.17) is 14.5 Å². The molecule has 10 nitrogen and oxygen atoms in total. The van der Waals surface area contributed by atoms with E-state index in [9.17, 15) is 19.3 Å². The molecule has 0 radical (unpaired) electrons. The van der Waals surface area contributed by atoms with Crippen LogP contribution in [0.25, 0.3) is 0 Å². The zero-order valence-corrected chi connectivity index (χ0v) is 11.9. The van der Waals surface area contributed by atoms with Crippen molar-refractivity contribution in [2.75, 3.05) is 6.61 Å². The molecule has 0 spiro atoms. The average molecular weight is 354 g/mol. The molecule has 0 amide bonds. The van der Waals surface area contributed by atoms with Gasteiger partial charge >= 0.3 is 13.5 Å². The standard InChI is InChI=1S/C10H15N2O8P.H4Si/c1-5-3-12(10(15)11-9(5)14)8-2-6(13)7(20-8)4-19-21(16,17)18;/h3,6-8,13H,2,4H2,1H3,(H,11,14,15)(H2,16,17,18);1H4/t6-,7+,8+;/m0./s1. The summed E-state index contributed by atoms with van der Waals surface area (Å²) in [7, 11) is -4.67. The van der Waals surface area contributed by atoms with Crippen LogP contribution in [0.1, 0.15) is 18.2 Å². The van der Waals surface area contributed by atoms with Crippen LogP contribution in [0.3, 0.4) is 0 Å². The van der Waals surface area contributed by atoms with Crippen molar-refractivity contribution in [2.24, 2.45) is 0 Å². The van der Waals surface area contributed by atoms with Crippen LogP contribution in [0.4, 0.5) is 0 Å². The van der Waals surface area contributed by atoms with E-state index in [1.807, 2.05) is 0 Å². The monoisotopic (exact) mass is 354 g/mol. The Morgan fingerprint density at radius 3 is 2.73 bits per heavy atom. The van der Waals surface area contributed by atoms with Crippen LogP contribution in [0.5, 0.6) is 0 Å². The Labute approximate surface area is 129 Å². The van der Waals surface area contributed by atoms with E-state index in [0.29, 0.717) is 5.56 Å². The molecular weight excluding hydrogens is 335 g/mol. The SMILES string of the molecule is Cc1cn([C@H]2C[C@H](O)[C@@H](COP(=O)(O)O)O2)c(=O)[nH]c1=O.[SiH4]. The minimum Gasteiger partial charge on any atom is -0.390 e. The maximum absolute atomic E-state index is 11.7. The summed E-state index contributed by atoms with van der Waals surface area (Å²) >= 11 is 0. The van der Waals surface area contributed by atoms with Crippen molar-refractivity contribution < 1.29 is 28.7 Å². The molecule has 0 bridgehead atoms. The molecule has 4 N–H and O–H groups in total. The zero-order chi connectivity index (χ0) is 15.8. The van der Waals surface area contributed by atoms with Crippen molar-refractivity contribution in [3.63, 3.8) is 0 Å². The smallest absolute Gasteiger partial charge is 0.390 e. The summed E-state index contributed by atoms with van der Waals surface area (Å²) in [6.07, 6.45) is -1.57. The molecule has 1 aromatic heterocycles. The molecule has 2 rings (SSSR count). The van der Waals surface area contributed by atoms with E-state index in [2.05, 4.69) is 9.51 Å². The highest BCUT2D eigenvalue weighted by atomic mass is 31.2. The number of H-pyrrole nitrogens is 1. The van der Waals surface area contributed by atoms with Crippen LogP contribution in [0.15, 0.2) is 15.8 Å². The summed E-state index contributed by atoms with van der Waals surface area (Å²) in [6, 6.07) is 0.